The first-order valence-corrected chi connectivity index (χ1v) is 1.72. The first-order chi connectivity index (χ1) is 2.50. The minimum atomic E-state index is 0. The third kappa shape index (κ3) is 1.55. The van der Waals surface area contributed by atoms with E-state index in [9.17, 15) is 0 Å². The van der Waals surface area contributed by atoms with Gasteiger partial charge in [-0.25, -0.2) is 12.2 Å². The molecule has 0 atom stereocenters. The molecule has 0 unspecified atom stereocenters. The molecule has 0 nitrogen and oxygen atoms in total. The van der Waals surface area contributed by atoms with E-state index in [2.05, 4.69) is 12.2 Å². The fourth-order valence-corrected chi connectivity index (χ4v) is 0.340. The minimum Gasteiger partial charge on any atom is -1.00 e. The van der Waals surface area contributed by atoms with Crippen LogP contribution in [-0.4, -0.2) is 0 Å². The fraction of sp³-hybridized carbons (Fsp3) is 0.200. The number of allylic oxidation sites excluding steroid dienone is 4. The van der Waals surface area contributed by atoms with Crippen molar-refractivity contribution in [3.05, 3.63) is 24.3 Å². The van der Waals surface area contributed by atoms with Crippen molar-refractivity contribution in [2.24, 2.45) is 0 Å². The Morgan fingerprint density at radius 3 is 2.67 bits per heavy atom. The van der Waals surface area contributed by atoms with E-state index in [0.29, 0.717) is 0 Å². The van der Waals surface area contributed by atoms with E-state index in [1.807, 2.05) is 12.2 Å². The molecule has 0 saturated heterocycles. The van der Waals surface area contributed by atoms with Crippen LogP contribution in [0.4, 0.5) is 0 Å². The van der Waals surface area contributed by atoms with Gasteiger partial charge in [0, 0.05) is 20.4 Å². The molecule has 0 aliphatic heterocycles. The van der Waals surface area contributed by atoms with E-state index in [-0.39, 0.29) is 21.8 Å². The Morgan fingerprint density at radius 1 is 1.67 bits per heavy atom. The van der Waals surface area contributed by atoms with Gasteiger partial charge in [-0.1, -0.05) is 0 Å². The van der Waals surface area contributed by atoms with Crippen molar-refractivity contribution in [2.45, 2.75) is 6.42 Å². The van der Waals surface area contributed by atoms with Crippen LogP contribution in [0.25, 0.3) is 0 Å². The Bertz CT molecular complexity index is 66.1. The molecule has 0 amide bonds. The van der Waals surface area contributed by atoms with Gasteiger partial charge in [-0.3, -0.25) is 6.08 Å². The molecule has 0 N–H and O–H groups in total. The molecule has 1 heteroatoms. The molecule has 0 aromatic carbocycles. The van der Waals surface area contributed by atoms with Gasteiger partial charge < -0.3 is 1.43 Å². The average Bonchev–Trinajstić information content (AvgIpc) is 1.76. The van der Waals surface area contributed by atoms with Crippen LogP contribution in [-0.2, 0) is 20.4 Å². The maximum atomic E-state index is 2.99. The van der Waals surface area contributed by atoms with Gasteiger partial charge in [0.05, 0.1) is 0 Å². The van der Waals surface area contributed by atoms with Crippen molar-refractivity contribution in [3.63, 3.8) is 0 Å². The quantitative estimate of drug-likeness (QED) is 0.572. The molecule has 0 heterocycles. The third-order valence-corrected chi connectivity index (χ3v) is 0.586. The summed E-state index contributed by atoms with van der Waals surface area (Å²) in [6, 6.07) is 0. The van der Waals surface area contributed by atoms with E-state index < -0.39 is 0 Å². The standard InChI is InChI=1S/C5H5.Re.H/c1-2-4-5-3-1;;/h1-3H,4H2;;/q-1;;-1. The zero-order valence-corrected chi connectivity index (χ0v) is 6.03. The Balaban J connectivity index is 0. The summed E-state index contributed by atoms with van der Waals surface area (Å²) < 4.78 is 0. The van der Waals surface area contributed by atoms with E-state index in [1.54, 1.807) is 0 Å². The van der Waals surface area contributed by atoms with Gasteiger partial charge in [0.15, 0.2) is 0 Å². The summed E-state index contributed by atoms with van der Waals surface area (Å²) in [5.74, 6) is 0. The zero-order chi connectivity index (χ0) is 3.54. The second-order valence-electron chi connectivity index (χ2n) is 1.00. The van der Waals surface area contributed by atoms with E-state index in [1.165, 1.54) is 0 Å². The largest absolute Gasteiger partial charge is 1.00 e. The topological polar surface area (TPSA) is 0 Å². The van der Waals surface area contributed by atoms with Crippen LogP contribution in [0.1, 0.15) is 7.85 Å². The number of rotatable bonds is 0. The van der Waals surface area contributed by atoms with Gasteiger partial charge in [0.25, 0.3) is 0 Å². The van der Waals surface area contributed by atoms with Gasteiger partial charge in [-0.15, -0.1) is 6.42 Å². The molecule has 0 aromatic heterocycles. The van der Waals surface area contributed by atoms with Gasteiger partial charge in [0.2, 0.25) is 0 Å². The Labute approximate surface area is 53.1 Å². The van der Waals surface area contributed by atoms with Crippen LogP contribution in [0.3, 0.4) is 0 Å². The Hall–Kier alpha value is 0.142. The predicted octanol–water partition coefficient (Wildman–Crippen LogP) is 1.42. The van der Waals surface area contributed by atoms with Crippen LogP contribution in [0.15, 0.2) is 18.2 Å². The van der Waals surface area contributed by atoms with Gasteiger partial charge in [0.1, 0.15) is 0 Å². The molecule has 1 aliphatic rings. The number of hydrogen-bond donors (Lipinski definition) is 0. The Morgan fingerprint density at radius 2 is 2.50 bits per heavy atom. The summed E-state index contributed by atoms with van der Waals surface area (Å²) >= 11 is 0. The normalized spacial score (nSPS) is 14.7. The maximum Gasteiger partial charge on any atom is 0 e. The molecule has 0 bridgehead atoms. The molecule has 1 aliphatic carbocycles. The molecule has 35 valence electrons. The van der Waals surface area contributed by atoms with Gasteiger partial charge >= 0.3 is 0 Å². The van der Waals surface area contributed by atoms with Gasteiger partial charge in [-0.2, -0.15) is 6.08 Å². The Kier molecular flexibility index (Phi) is 3.42. The van der Waals surface area contributed by atoms with Crippen molar-refractivity contribution in [1.82, 2.24) is 0 Å². The van der Waals surface area contributed by atoms with E-state index in [4.69, 9.17) is 0 Å². The zero-order valence-electron chi connectivity index (χ0n) is 4.32. The smallest absolute Gasteiger partial charge is 0 e. The summed E-state index contributed by atoms with van der Waals surface area (Å²) in [5, 5.41) is 0. The SMILES string of the molecule is [C-]1=CC=CC1.[H-].[Re]. The average molecular weight is 252 g/mol. The molecule has 0 saturated carbocycles. The maximum absolute atomic E-state index is 2.99. The molecular weight excluding hydrogens is 246 g/mol. The molecule has 0 aromatic rings. The van der Waals surface area contributed by atoms with Crippen molar-refractivity contribution in [3.8, 4) is 0 Å². The third-order valence-electron chi connectivity index (χ3n) is 0.586. The minimum absolute atomic E-state index is 0. The van der Waals surface area contributed by atoms with Crippen LogP contribution < -0.4 is 0 Å². The van der Waals surface area contributed by atoms with Gasteiger partial charge in [-0.05, 0) is 0 Å². The second-order valence-corrected chi connectivity index (χ2v) is 1.00. The van der Waals surface area contributed by atoms with Crippen LogP contribution in [0.5, 0.6) is 0 Å². The molecular formula is C5H6Re-2. The molecule has 1 rings (SSSR count). The summed E-state index contributed by atoms with van der Waals surface area (Å²) in [7, 11) is 0. The van der Waals surface area contributed by atoms with E-state index >= 15 is 0 Å². The van der Waals surface area contributed by atoms with Crippen LogP contribution >= 0.6 is 0 Å². The van der Waals surface area contributed by atoms with Crippen molar-refractivity contribution < 1.29 is 21.8 Å². The first-order valence-electron chi connectivity index (χ1n) is 1.72. The van der Waals surface area contributed by atoms with E-state index in [0.717, 1.165) is 6.42 Å². The summed E-state index contributed by atoms with van der Waals surface area (Å²) in [6.45, 7) is 0. The molecule has 0 fully saturated rings. The summed E-state index contributed by atoms with van der Waals surface area (Å²) in [5.41, 5.74) is 0. The van der Waals surface area contributed by atoms with Crippen molar-refractivity contribution in [2.75, 3.05) is 0 Å². The molecule has 6 heavy (non-hydrogen) atoms. The summed E-state index contributed by atoms with van der Waals surface area (Å²) in [6.07, 6.45) is 10.0. The monoisotopic (exact) mass is 253 g/mol. The van der Waals surface area contributed by atoms with Crippen LogP contribution in [0.2, 0.25) is 0 Å². The van der Waals surface area contributed by atoms with Crippen molar-refractivity contribution in [1.29, 1.82) is 0 Å². The second kappa shape index (κ2) is 3.34. The fourth-order valence-electron chi connectivity index (χ4n) is 0.340. The first kappa shape index (κ1) is 6.14. The number of hydrogen-bond acceptors (Lipinski definition) is 0. The van der Waals surface area contributed by atoms with Crippen molar-refractivity contribution >= 4 is 0 Å². The van der Waals surface area contributed by atoms with Crippen LogP contribution in [0, 0.1) is 6.08 Å². The summed E-state index contributed by atoms with van der Waals surface area (Å²) in [4.78, 5) is 0. The molecule has 1 radical (unpaired) electrons. The molecule has 0 spiro atoms. The predicted molar refractivity (Wildman–Crippen MR) is 22.7 cm³/mol.